The molecule has 0 bridgehead atoms. The summed E-state index contributed by atoms with van der Waals surface area (Å²) in [5.41, 5.74) is 7.45. The Morgan fingerprint density at radius 3 is 1.25 bits per heavy atom. The summed E-state index contributed by atoms with van der Waals surface area (Å²) in [7, 11) is 0. The zero-order valence-electron chi connectivity index (χ0n) is 34.6. The molecule has 2 aromatic heterocycles. The number of benzene rings is 4. The summed E-state index contributed by atoms with van der Waals surface area (Å²) in [5, 5.41) is 18.1. The number of aryl methyl sites for hydroxylation is 2. The van der Waals surface area contributed by atoms with Crippen molar-refractivity contribution < 1.29 is 19.8 Å². The van der Waals surface area contributed by atoms with Gasteiger partial charge in [0.15, 0.2) is 0 Å². The van der Waals surface area contributed by atoms with Crippen LogP contribution in [0.4, 0.5) is 0 Å². The molecule has 10 heteroatoms. The first-order valence-corrected chi connectivity index (χ1v) is 21.4. The van der Waals surface area contributed by atoms with Gasteiger partial charge in [0.2, 0.25) is 0 Å². The smallest absolute Gasteiger partial charge is 0.328 e. The Morgan fingerprint density at radius 2 is 0.867 bits per heavy atom. The minimum atomic E-state index is -1.26. The Labute approximate surface area is 354 Å². The van der Waals surface area contributed by atoms with Gasteiger partial charge in [0.25, 0.3) is 0 Å². The first-order valence-electron chi connectivity index (χ1n) is 21.4. The van der Waals surface area contributed by atoms with Crippen molar-refractivity contribution in [1.29, 1.82) is 0 Å². The number of aliphatic carboxylic acids is 2. The Hall–Kier alpha value is -5.84. The maximum atomic E-state index is 9.55. The summed E-state index contributed by atoms with van der Waals surface area (Å²) >= 11 is 0. The molecular formula is C50H58N6O4. The van der Waals surface area contributed by atoms with Gasteiger partial charge in [-0.15, -0.1) is 0 Å². The molecule has 6 aromatic rings. The first kappa shape index (κ1) is 43.7. The predicted molar refractivity (Wildman–Crippen MR) is 239 cm³/mol. The van der Waals surface area contributed by atoms with Crippen molar-refractivity contribution in [2.75, 3.05) is 39.3 Å². The van der Waals surface area contributed by atoms with Crippen molar-refractivity contribution in [2.24, 2.45) is 11.8 Å². The second kappa shape index (κ2) is 23.7. The van der Waals surface area contributed by atoms with E-state index in [1.807, 2.05) is 12.1 Å². The molecule has 4 heterocycles. The molecule has 0 saturated carbocycles. The third-order valence-corrected chi connectivity index (χ3v) is 11.7. The zero-order chi connectivity index (χ0) is 41.8. The lowest BCUT2D eigenvalue weighted by Gasteiger charge is -2.32. The van der Waals surface area contributed by atoms with Crippen LogP contribution in [-0.4, -0.2) is 91.2 Å². The first-order chi connectivity index (χ1) is 29.4. The van der Waals surface area contributed by atoms with Crippen LogP contribution in [0.5, 0.6) is 0 Å². The number of carboxylic acids is 2. The molecule has 2 aliphatic heterocycles. The fraction of sp³-hybridized carbons (Fsp3) is 0.360. The fourth-order valence-corrected chi connectivity index (χ4v) is 8.21. The van der Waals surface area contributed by atoms with Crippen LogP contribution in [0.15, 0.2) is 134 Å². The minimum absolute atomic E-state index is 0.558. The van der Waals surface area contributed by atoms with Crippen LogP contribution in [0, 0.1) is 11.8 Å². The van der Waals surface area contributed by atoms with Crippen molar-refractivity contribution in [2.45, 2.75) is 64.2 Å². The van der Waals surface area contributed by atoms with Crippen LogP contribution in [0.1, 0.15) is 61.0 Å². The molecule has 0 atom stereocenters. The van der Waals surface area contributed by atoms with Crippen LogP contribution in [-0.2, 0) is 35.3 Å². The molecular weight excluding hydrogens is 749 g/mol. The number of para-hydroxylation sites is 2. The SMILES string of the molecule is O=C(O)/C=C\C(=O)O.c1ccc(CCN2CCC(CCc3ncnc4ccccc34)CC2)cc1.c1ccc(CCN2CCC(CCc3ncnc4ccccc34)CC2)cc1. The van der Waals surface area contributed by atoms with Gasteiger partial charge in [-0.05, 0) is 125 Å². The number of carbonyl (C=O) groups is 2. The van der Waals surface area contributed by atoms with E-state index in [1.54, 1.807) is 12.7 Å². The van der Waals surface area contributed by atoms with Crippen LogP contribution in [0.25, 0.3) is 21.8 Å². The molecule has 8 rings (SSSR count). The van der Waals surface area contributed by atoms with Crippen LogP contribution < -0.4 is 0 Å². The highest BCUT2D eigenvalue weighted by Crippen LogP contribution is 2.26. The Balaban J connectivity index is 0.000000171. The van der Waals surface area contributed by atoms with E-state index in [-0.39, 0.29) is 0 Å². The molecule has 60 heavy (non-hydrogen) atoms. The molecule has 2 aliphatic rings. The molecule has 4 aromatic carbocycles. The maximum absolute atomic E-state index is 9.55. The molecule has 0 radical (unpaired) electrons. The molecule has 0 aliphatic carbocycles. The predicted octanol–water partition coefficient (Wildman–Crippen LogP) is 8.75. The summed E-state index contributed by atoms with van der Waals surface area (Å²) < 4.78 is 0. The lowest BCUT2D eigenvalue weighted by molar-refractivity contribution is -0.134. The summed E-state index contributed by atoms with van der Waals surface area (Å²) in [6.45, 7) is 7.33. The molecule has 2 saturated heterocycles. The van der Waals surface area contributed by atoms with Crippen molar-refractivity contribution in [3.63, 3.8) is 0 Å². The van der Waals surface area contributed by atoms with Crippen molar-refractivity contribution in [1.82, 2.24) is 29.7 Å². The Morgan fingerprint density at radius 1 is 0.500 bits per heavy atom. The Kier molecular flexibility index (Phi) is 17.3. The van der Waals surface area contributed by atoms with Crippen LogP contribution in [0.3, 0.4) is 0 Å². The quantitative estimate of drug-likeness (QED) is 0.103. The second-order valence-corrected chi connectivity index (χ2v) is 15.8. The van der Waals surface area contributed by atoms with E-state index >= 15 is 0 Å². The topological polar surface area (TPSA) is 133 Å². The van der Waals surface area contributed by atoms with E-state index in [4.69, 9.17) is 10.2 Å². The lowest BCUT2D eigenvalue weighted by atomic mass is 9.91. The standard InChI is InChI=1S/2C23H27N3.C4H4O4/c2*1-2-6-19(7-3-1)12-15-26-16-13-20(14-17-26)10-11-23-21-8-4-5-9-22(21)24-18-25-23;5-3(6)1-2-4(7)8/h2*1-9,18,20H,10-17H2;1-2H,(H,5,6)(H,7,8)/b;;2-1-. The van der Waals surface area contributed by atoms with E-state index in [2.05, 4.69) is 127 Å². The van der Waals surface area contributed by atoms with Crippen LogP contribution >= 0.6 is 0 Å². The van der Waals surface area contributed by atoms with Crippen molar-refractivity contribution >= 4 is 33.7 Å². The highest BCUT2D eigenvalue weighted by Gasteiger charge is 2.21. The summed E-state index contributed by atoms with van der Waals surface area (Å²) in [6, 6.07) is 38.4. The third-order valence-electron chi connectivity index (χ3n) is 11.7. The number of aromatic nitrogens is 4. The molecule has 2 N–H and O–H groups in total. The van der Waals surface area contributed by atoms with E-state index < -0.39 is 11.9 Å². The van der Waals surface area contributed by atoms with Gasteiger partial charge in [-0.2, -0.15) is 0 Å². The van der Waals surface area contributed by atoms with E-state index in [0.29, 0.717) is 12.2 Å². The van der Waals surface area contributed by atoms with Gasteiger partial charge in [0, 0.05) is 36.0 Å². The lowest BCUT2D eigenvalue weighted by Crippen LogP contribution is -2.35. The summed E-state index contributed by atoms with van der Waals surface area (Å²) in [6.07, 6.45) is 16.8. The minimum Gasteiger partial charge on any atom is -0.478 e. The van der Waals surface area contributed by atoms with Gasteiger partial charge in [0.05, 0.1) is 22.4 Å². The van der Waals surface area contributed by atoms with Crippen LogP contribution in [0.2, 0.25) is 0 Å². The second-order valence-electron chi connectivity index (χ2n) is 15.8. The largest absolute Gasteiger partial charge is 0.478 e. The molecule has 2 fully saturated rings. The number of carboxylic acid groups (broad SMARTS) is 2. The zero-order valence-corrected chi connectivity index (χ0v) is 34.6. The van der Waals surface area contributed by atoms with Gasteiger partial charge in [-0.25, -0.2) is 29.5 Å². The normalized spacial score (nSPS) is 15.3. The molecule has 0 amide bonds. The molecule has 10 nitrogen and oxygen atoms in total. The molecule has 312 valence electrons. The van der Waals surface area contributed by atoms with Gasteiger partial charge < -0.3 is 20.0 Å². The maximum Gasteiger partial charge on any atom is 0.328 e. The van der Waals surface area contributed by atoms with Crippen molar-refractivity contribution in [3.05, 3.63) is 157 Å². The number of hydrogen-bond donors (Lipinski definition) is 2. The average Bonchev–Trinajstić information content (AvgIpc) is 3.30. The van der Waals surface area contributed by atoms with Gasteiger partial charge >= 0.3 is 11.9 Å². The number of likely N-dealkylation sites (tertiary alicyclic amines) is 2. The highest BCUT2D eigenvalue weighted by atomic mass is 16.4. The van der Waals surface area contributed by atoms with E-state index in [1.165, 1.54) is 124 Å². The number of nitrogens with zero attached hydrogens (tertiary/aromatic N) is 6. The highest BCUT2D eigenvalue weighted by molar-refractivity contribution is 5.89. The van der Waals surface area contributed by atoms with E-state index in [9.17, 15) is 9.59 Å². The van der Waals surface area contributed by atoms with Gasteiger partial charge in [-0.3, -0.25) is 0 Å². The van der Waals surface area contributed by atoms with E-state index in [0.717, 1.165) is 35.7 Å². The number of hydrogen-bond acceptors (Lipinski definition) is 8. The summed E-state index contributed by atoms with van der Waals surface area (Å²) in [4.78, 5) is 42.2. The van der Waals surface area contributed by atoms with Gasteiger partial charge in [-0.1, -0.05) is 97.1 Å². The monoisotopic (exact) mass is 806 g/mol. The molecule has 0 unspecified atom stereocenters. The van der Waals surface area contributed by atoms with Crippen molar-refractivity contribution in [3.8, 4) is 0 Å². The number of piperidine rings is 2. The molecule has 0 spiro atoms. The van der Waals surface area contributed by atoms with Gasteiger partial charge in [0.1, 0.15) is 12.7 Å². The Bertz CT molecular complexity index is 2070. The average molecular weight is 807 g/mol. The third kappa shape index (κ3) is 14.5. The number of fused-ring (bicyclic) bond motifs is 2. The fourth-order valence-electron chi connectivity index (χ4n) is 8.21. The number of rotatable bonds is 14. The summed E-state index contributed by atoms with van der Waals surface area (Å²) in [5.74, 6) is -0.854.